The third kappa shape index (κ3) is 3.77. The van der Waals surface area contributed by atoms with E-state index in [1.54, 1.807) is 0 Å². The molecule has 1 heterocycles. The third-order valence-electron chi connectivity index (χ3n) is 1.90. The summed E-state index contributed by atoms with van der Waals surface area (Å²) in [7, 11) is 0. The van der Waals surface area contributed by atoms with Crippen molar-refractivity contribution in [2.45, 2.75) is 6.42 Å². The number of hydrogen-bond acceptors (Lipinski definition) is 2. The molecule has 70 valence electrons. The first-order valence-electron chi connectivity index (χ1n) is 4.40. The molecular formula is C10H14N2O. The van der Waals surface area contributed by atoms with E-state index in [4.69, 9.17) is 6.42 Å². The summed E-state index contributed by atoms with van der Waals surface area (Å²) in [6, 6.07) is 0. The van der Waals surface area contributed by atoms with Gasteiger partial charge in [-0.1, -0.05) is 18.1 Å². The number of nitrogens with zero attached hydrogens (tertiary/aromatic N) is 1. The lowest BCUT2D eigenvalue weighted by atomic mass is 10.2. The van der Waals surface area contributed by atoms with Crippen molar-refractivity contribution < 1.29 is 4.79 Å². The van der Waals surface area contributed by atoms with Gasteiger partial charge in [-0.3, -0.25) is 9.69 Å². The fourth-order valence-electron chi connectivity index (χ4n) is 1.24. The number of amides is 1. The van der Waals surface area contributed by atoms with Crippen LogP contribution >= 0.6 is 0 Å². The summed E-state index contributed by atoms with van der Waals surface area (Å²) in [5.41, 5.74) is 0. The standard InChI is InChI=1S/C10H14N2O/c1-2-6-11-10(13)9-12-7-4-3-5-8-12/h1,3-4H,5-9H2,(H,11,13). The molecule has 0 aliphatic carbocycles. The highest BCUT2D eigenvalue weighted by Gasteiger charge is 2.09. The zero-order chi connectivity index (χ0) is 9.52. The zero-order valence-corrected chi connectivity index (χ0v) is 7.62. The fourth-order valence-corrected chi connectivity index (χ4v) is 1.24. The molecule has 1 amide bonds. The highest BCUT2D eigenvalue weighted by Crippen LogP contribution is 1.99. The predicted octanol–water partition coefficient (Wildman–Crippen LogP) is -0.00230. The van der Waals surface area contributed by atoms with Crippen molar-refractivity contribution in [1.82, 2.24) is 10.2 Å². The molecule has 0 radical (unpaired) electrons. The lowest BCUT2D eigenvalue weighted by molar-refractivity contribution is -0.121. The maximum atomic E-state index is 11.2. The number of rotatable bonds is 3. The first-order chi connectivity index (χ1) is 6.33. The van der Waals surface area contributed by atoms with E-state index in [9.17, 15) is 4.79 Å². The summed E-state index contributed by atoms with van der Waals surface area (Å²) in [6.07, 6.45) is 10.3. The minimum atomic E-state index is 0.00764. The summed E-state index contributed by atoms with van der Waals surface area (Å²) in [4.78, 5) is 13.3. The first-order valence-corrected chi connectivity index (χ1v) is 4.40. The monoisotopic (exact) mass is 178 g/mol. The molecule has 0 atom stereocenters. The van der Waals surface area contributed by atoms with Crippen LogP contribution < -0.4 is 5.32 Å². The van der Waals surface area contributed by atoms with E-state index < -0.39 is 0 Å². The van der Waals surface area contributed by atoms with Crippen LogP contribution in [0.5, 0.6) is 0 Å². The lowest BCUT2D eigenvalue weighted by Crippen LogP contribution is -2.38. The molecule has 0 fully saturated rings. The molecule has 0 aromatic heterocycles. The van der Waals surface area contributed by atoms with Crippen molar-refractivity contribution in [2.24, 2.45) is 0 Å². The zero-order valence-electron chi connectivity index (χ0n) is 7.62. The molecule has 1 aliphatic rings. The summed E-state index contributed by atoms with van der Waals surface area (Å²) < 4.78 is 0. The van der Waals surface area contributed by atoms with E-state index in [0.29, 0.717) is 13.1 Å². The van der Waals surface area contributed by atoms with E-state index in [1.807, 2.05) is 0 Å². The average molecular weight is 178 g/mol. The Balaban J connectivity index is 2.20. The van der Waals surface area contributed by atoms with Gasteiger partial charge >= 0.3 is 0 Å². The lowest BCUT2D eigenvalue weighted by Gasteiger charge is -2.21. The van der Waals surface area contributed by atoms with Gasteiger partial charge in [-0.25, -0.2) is 0 Å². The van der Waals surface area contributed by atoms with E-state index in [2.05, 4.69) is 28.3 Å². The van der Waals surface area contributed by atoms with Crippen molar-refractivity contribution in [2.75, 3.05) is 26.2 Å². The van der Waals surface area contributed by atoms with Crippen LogP contribution in [0.25, 0.3) is 0 Å². The van der Waals surface area contributed by atoms with Crippen molar-refractivity contribution in [3.63, 3.8) is 0 Å². The van der Waals surface area contributed by atoms with Gasteiger partial charge < -0.3 is 5.32 Å². The highest BCUT2D eigenvalue weighted by molar-refractivity contribution is 5.78. The molecule has 3 nitrogen and oxygen atoms in total. The van der Waals surface area contributed by atoms with Crippen molar-refractivity contribution in [3.8, 4) is 12.3 Å². The van der Waals surface area contributed by atoms with Gasteiger partial charge in [0.2, 0.25) is 5.91 Å². The highest BCUT2D eigenvalue weighted by atomic mass is 16.2. The molecule has 0 bridgehead atoms. The number of hydrogen-bond donors (Lipinski definition) is 1. The molecule has 0 saturated heterocycles. The van der Waals surface area contributed by atoms with Crippen LogP contribution in [0.4, 0.5) is 0 Å². The van der Waals surface area contributed by atoms with Gasteiger partial charge in [-0.15, -0.1) is 6.42 Å². The van der Waals surface area contributed by atoms with Crippen molar-refractivity contribution >= 4 is 5.91 Å². The average Bonchev–Trinajstić information content (AvgIpc) is 2.16. The van der Waals surface area contributed by atoms with Crippen molar-refractivity contribution in [1.29, 1.82) is 0 Å². The van der Waals surface area contributed by atoms with E-state index in [-0.39, 0.29) is 5.91 Å². The second-order valence-electron chi connectivity index (χ2n) is 2.98. The Morgan fingerprint density at radius 2 is 2.46 bits per heavy atom. The molecule has 0 saturated carbocycles. The quantitative estimate of drug-likeness (QED) is 0.487. The smallest absolute Gasteiger partial charge is 0.234 e. The molecule has 13 heavy (non-hydrogen) atoms. The van der Waals surface area contributed by atoms with Gasteiger partial charge in [0.05, 0.1) is 13.1 Å². The van der Waals surface area contributed by atoms with Gasteiger partial charge in [0.25, 0.3) is 0 Å². The van der Waals surface area contributed by atoms with Gasteiger partial charge in [-0.2, -0.15) is 0 Å². The maximum absolute atomic E-state index is 11.2. The molecule has 3 heteroatoms. The number of nitrogens with one attached hydrogen (secondary N) is 1. The number of terminal acetylenes is 1. The molecule has 1 aliphatic heterocycles. The number of carbonyl (C=O) groups is 1. The van der Waals surface area contributed by atoms with Gasteiger partial charge in [0.1, 0.15) is 0 Å². The Hall–Kier alpha value is -1.27. The molecule has 0 spiro atoms. The van der Waals surface area contributed by atoms with E-state index in [0.717, 1.165) is 19.5 Å². The second kappa shape index (κ2) is 5.39. The van der Waals surface area contributed by atoms with E-state index in [1.165, 1.54) is 0 Å². The van der Waals surface area contributed by atoms with Crippen LogP contribution in [0.2, 0.25) is 0 Å². The Morgan fingerprint density at radius 1 is 1.62 bits per heavy atom. The largest absolute Gasteiger partial charge is 0.344 e. The summed E-state index contributed by atoms with van der Waals surface area (Å²) in [5.74, 6) is 2.38. The Morgan fingerprint density at radius 3 is 3.08 bits per heavy atom. The molecule has 1 N–H and O–H groups in total. The van der Waals surface area contributed by atoms with Crippen molar-refractivity contribution in [3.05, 3.63) is 12.2 Å². The Labute approximate surface area is 78.8 Å². The predicted molar refractivity (Wildman–Crippen MR) is 52.0 cm³/mol. The van der Waals surface area contributed by atoms with Crippen LogP contribution in [0.15, 0.2) is 12.2 Å². The minimum Gasteiger partial charge on any atom is -0.344 e. The fraction of sp³-hybridized carbons (Fsp3) is 0.500. The third-order valence-corrected chi connectivity index (χ3v) is 1.90. The van der Waals surface area contributed by atoms with Crippen LogP contribution in [0.1, 0.15) is 6.42 Å². The maximum Gasteiger partial charge on any atom is 0.234 e. The SMILES string of the molecule is C#CCNC(=O)CN1CC=CCC1. The number of carbonyl (C=O) groups excluding carboxylic acids is 1. The van der Waals surface area contributed by atoms with Crippen LogP contribution in [0, 0.1) is 12.3 Å². The van der Waals surface area contributed by atoms with Crippen LogP contribution in [-0.4, -0.2) is 37.0 Å². The normalized spacial score (nSPS) is 16.5. The first kappa shape index (κ1) is 9.82. The minimum absolute atomic E-state index is 0.00764. The van der Waals surface area contributed by atoms with Gasteiger partial charge in [-0.05, 0) is 6.42 Å². The summed E-state index contributed by atoms with van der Waals surface area (Å²) >= 11 is 0. The van der Waals surface area contributed by atoms with E-state index >= 15 is 0 Å². The molecule has 0 aromatic rings. The molecule has 0 unspecified atom stereocenters. The van der Waals surface area contributed by atoms with Crippen LogP contribution in [-0.2, 0) is 4.79 Å². The topological polar surface area (TPSA) is 32.3 Å². The molecule has 1 rings (SSSR count). The van der Waals surface area contributed by atoms with Crippen LogP contribution in [0.3, 0.4) is 0 Å². The summed E-state index contributed by atoms with van der Waals surface area (Å²) in [5, 5.41) is 2.64. The molecular weight excluding hydrogens is 164 g/mol. The Bertz CT molecular complexity index is 240. The van der Waals surface area contributed by atoms with Gasteiger partial charge in [0.15, 0.2) is 0 Å². The Kier molecular flexibility index (Phi) is 4.07. The molecule has 0 aromatic carbocycles. The second-order valence-corrected chi connectivity index (χ2v) is 2.98. The summed E-state index contributed by atoms with van der Waals surface area (Å²) in [6.45, 7) is 2.60. The van der Waals surface area contributed by atoms with Gasteiger partial charge in [0, 0.05) is 13.1 Å².